The van der Waals surface area contributed by atoms with Crippen LogP contribution in [0.25, 0.3) is 22.3 Å². The Morgan fingerprint density at radius 2 is 1.87 bits per heavy atom. The van der Waals surface area contributed by atoms with E-state index in [0.717, 1.165) is 18.4 Å². The van der Waals surface area contributed by atoms with Crippen LogP contribution in [0.2, 0.25) is 5.02 Å². The minimum Gasteiger partial charge on any atom is -0.376 e. The molecule has 2 aromatic heterocycles. The maximum absolute atomic E-state index is 13.3. The third-order valence-corrected chi connectivity index (χ3v) is 5.66. The summed E-state index contributed by atoms with van der Waals surface area (Å²) < 4.78 is 13.8. The first-order valence-electron chi connectivity index (χ1n) is 10.0. The van der Waals surface area contributed by atoms with Crippen molar-refractivity contribution in [1.29, 1.82) is 0 Å². The lowest BCUT2D eigenvalue weighted by Gasteiger charge is -2.15. The van der Waals surface area contributed by atoms with E-state index in [2.05, 4.69) is 10.1 Å². The van der Waals surface area contributed by atoms with Crippen molar-refractivity contribution in [3.8, 4) is 11.4 Å². The summed E-state index contributed by atoms with van der Waals surface area (Å²) in [7, 11) is 0. The van der Waals surface area contributed by atoms with E-state index in [1.807, 2.05) is 0 Å². The van der Waals surface area contributed by atoms with Crippen molar-refractivity contribution in [2.24, 2.45) is 0 Å². The van der Waals surface area contributed by atoms with Gasteiger partial charge in [0, 0.05) is 17.2 Å². The maximum Gasteiger partial charge on any atom is 0.332 e. The molecule has 0 aliphatic carbocycles. The zero-order valence-electron chi connectivity index (χ0n) is 16.5. The molecule has 158 valence electrons. The van der Waals surface area contributed by atoms with Crippen LogP contribution in [-0.2, 0) is 17.8 Å². The molecule has 31 heavy (non-hydrogen) atoms. The quantitative estimate of drug-likeness (QED) is 0.475. The lowest BCUT2D eigenvalue weighted by molar-refractivity contribution is 0.0948. The van der Waals surface area contributed by atoms with Crippen molar-refractivity contribution < 1.29 is 9.26 Å². The molecule has 4 aromatic rings. The third kappa shape index (κ3) is 3.80. The minimum absolute atomic E-state index is 0.0474. The number of hydrogen-bond acceptors (Lipinski definition) is 6. The van der Waals surface area contributed by atoms with Gasteiger partial charge in [0.05, 0.1) is 23.6 Å². The summed E-state index contributed by atoms with van der Waals surface area (Å²) >= 11 is 5.93. The molecule has 0 saturated carbocycles. The summed E-state index contributed by atoms with van der Waals surface area (Å²) in [5.74, 6) is 0.663. The van der Waals surface area contributed by atoms with Crippen LogP contribution in [0.5, 0.6) is 0 Å². The van der Waals surface area contributed by atoms with Crippen LogP contribution < -0.4 is 11.2 Å². The Hall–Kier alpha value is -3.23. The molecule has 0 N–H and O–H groups in total. The van der Waals surface area contributed by atoms with Crippen LogP contribution in [0.3, 0.4) is 0 Å². The number of aromatic nitrogens is 4. The van der Waals surface area contributed by atoms with Gasteiger partial charge in [-0.25, -0.2) is 4.79 Å². The summed E-state index contributed by atoms with van der Waals surface area (Å²) in [6.07, 6.45) is 1.61. The van der Waals surface area contributed by atoms with Crippen LogP contribution in [-0.4, -0.2) is 32.0 Å². The van der Waals surface area contributed by atoms with Crippen molar-refractivity contribution in [1.82, 2.24) is 19.3 Å². The molecule has 5 rings (SSSR count). The highest BCUT2D eigenvalue weighted by atomic mass is 35.5. The minimum atomic E-state index is -0.426. The van der Waals surface area contributed by atoms with Gasteiger partial charge in [0.1, 0.15) is 6.54 Å². The fourth-order valence-corrected chi connectivity index (χ4v) is 3.97. The van der Waals surface area contributed by atoms with Gasteiger partial charge in [0.15, 0.2) is 0 Å². The van der Waals surface area contributed by atoms with Gasteiger partial charge in [0.25, 0.3) is 5.56 Å². The summed E-state index contributed by atoms with van der Waals surface area (Å²) in [5, 5.41) is 5.08. The van der Waals surface area contributed by atoms with Crippen molar-refractivity contribution in [2.75, 3.05) is 6.61 Å². The Labute approximate surface area is 181 Å². The van der Waals surface area contributed by atoms with Gasteiger partial charge in [-0.05, 0) is 49.2 Å². The number of fused-ring (bicyclic) bond motifs is 1. The van der Waals surface area contributed by atoms with E-state index in [0.29, 0.717) is 28.4 Å². The topological polar surface area (TPSA) is 92.2 Å². The van der Waals surface area contributed by atoms with Crippen LogP contribution in [0.15, 0.2) is 62.6 Å². The van der Waals surface area contributed by atoms with E-state index in [9.17, 15) is 9.59 Å². The molecular formula is C22H19ClN4O4. The van der Waals surface area contributed by atoms with Gasteiger partial charge in [-0.1, -0.05) is 28.9 Å². The van der Waals surface area contributed by atoms with E-state index in [4.69, 9.17) is 20.9 Å². The largest absolute Gasteiger partial charge is 0.376 e. The molecule has 1 aliphatic heterocycles. The molecule has 9 heteroatoms. The van der Waals surface area contributed by atoms with E-state index in [1.165, 1.54) is 9.13 Å². The van der Waals surface area contributed by atoms with Crippen molar-refractivity contribution in [3.63, 3.8) is 0 Å². The monoisotopic (exact) mass is 438 g/mol. The average molecular weight is 439 g/mol. The molecule has 0 bridgehead atoms. The predicted octanol–water partition coefficient (Wildman–Crippen LogP) is 3.09. The Morgan fingerprint density at radius 3 is 2.65 bits per heavy atom. The van der Waals surface area contributed by atoms with Gasteiger partial charge in [-0.2, -0.15) is 4.98 Å². The summed E-state index contributed by atoms with van der Waals surface area (Å²) in [6, 6.07) is 14.1. The molecule has 0 spiro atoms. The first kappa shape index (κ1) is 19.7. The van der Waals surface area contributed by atoms with Gasteiger partial charge in [-0.15, -0.1) is 0 Å². The smallest absolute Gasteiger partial charge is 0.332 e. The lowest BCUT2D eigenvalue weighted by Crippen LogP contribution is -2.42. The Morgan fingerprint density at radius 1 is 1.06 bits per heavy atom. The van der Waals surface area contributed by atoms with Crippen LogP contribution in [0.4, 0.5) is 0 Å². The number of nitrogens with zero attached hydrogens (tertiary/aromatic N) is 4. The maximum atomic E-state index is 13.3. The Kier molecular flexibility index (Phi) is 5.17. The molecular weight excluding hydrogens is 420 g/mol. The van der Waals surface area contributed by atoms with Gasteiger partial charge in [0.2, 0.25) is 11.7 Å². The summed E-state index contributed by atoms with van der Waals surface area (Å²) in [6.45, 7) is 0.921. The molecule has 1 fully saturated rings. The fraction of sp³-hybridized carbons (Fsp3) is 0.273. The van der Waals surface area contributed by atoms with E-state index >= 15 is 0 Å². The highest BCUT2D eigenvalue weighted by Crippen LogP contribution is 2.19. The second-order valence-corrected chi connectivity index (χ2v) is 7.89. The standard InChI is InChI=1S/C22H19ClN4O4/c23-15-9-7-14(8-10-15)20-24-19(31-25-20)13-26-18-6-2-1-5-17(18)21(28)27(22(26)29)12-16-4-3-11-30-16/h1-2,5-10,16H,3-4,11-13H2/t16-/m0/s1. The first-order chi connectivity index (χ1) is 15.1. The number of benzene rings is 2. The Bertz CT molecular complexity index is 1350. The molecule has 0 unspecified atom stereocenters. The Balaban J connectivity index is 1.55. The van der Waals surface area contributed by atoms with Crippen molar-refractivity contribution in [2.45, 2.75) is 32.0 Å². The van der Waals surface area contributed by atoms with Gasteiger partial charge >= 0.3 is 5.69 Å². The second-order valence-electron chi connectivity index (χ2n) is 7.46. The zero-order chi connectivity index (χ0) is 21.4. The molecule has 3 heterocycles. The normalized spacial score (nSPS) is 16.2. The van der Waals surface area contributed by atoms with Gasteiger partial charge in [-0.3, -0.25) is 13.9 Å². The number of hydrogen-bond donors (Lipinski definition) is 0. The SMILES string of the molecule is O=c1c2ccccc2n(Cc2nc(-c3ccc(Cl)cc3)no2)c(=O)n1C[C@@H]1CCCO1. The average Bonchev–Trinajstić information content (AvgIpc) is 3.47. The van der Waals surface area contributed by atoms with Gasteiger partial charge < -0.3 is 9.26 Å². The highest BCUT2D eigenvalue weighted by molar-refractivity contribution is 6.30. The van der Waals surface area contributed by atoms with E-state index < -0.39 is 5.69 Å². The number of halogens is 1. The third-order valence-electron chi connectivity index (χ3n) is 5.41. The molecule has 1 atom stereocenters. The van der Waals surface area contributed by atoms with Crippen LogP contribution in [0.1, 0.15) is 18.7 Å². The van der Waals surface area contributed by atoms with E-state index in [-0.39, 0.29) is 30.6 Å². The summed E-state index contributed by atoms with van der Waals surface area (Å²) in [4.78, 5) is 30.7. The molecule has 0 radical (unpaired) electrons. The van der Waals surface area contributed by atoms with Crippen molar-refractivity contribution in [3.05, 3.63) is 80.3 Å². The number of ether oxygens (including phenoxy) is 1. The first-order valence-corrected chi connectivity index (χ1v) is 10.4. The molecule has 1 saturated heterocycles. The second kappa shape index (κ2) is 8.13. The van der Waals surface area contributed by atoms with Crippen molar-refractivity contribution >= 4 is 22.5 Å². The molecule has 2 aromatic carbocycles. The molecule has 1 aliphatic rings. The summed E-state index contributed by atoms with van der Waals surface area (Å²) in [5.41, 5.74) is 0.525. The predicted molar refractivity (Wildman–Crippen MR) is 115 cm³/mol. The van der Waals surface area contributed by atoms with E-state index in [1.54, 1.807) is 48.5 Å². The highest BCUT2D eigenvalue weighted by Gasteiger charge is 2.21. The van der Waals surface area contributed by atoms with Crippen LogP contribution in [0, 0.1) is 0 Å². The molecule has 0 amide bonds. The molecule has 8 nitrogen and oxygen atoms in total. The van der Waals surface area contributed by atoms with Crippen LogP contribution >= 0.6 is 11.6 Å². The number of rotatable bonds is 5. The lowest BCUT2D eigenvalue weighted by atomic mass is 10.2. The zero-order valence-corrected chi connectivity index (χ0v) is 17.3. The fourth-order valence-electron chi connectivity index (χ4n) is 3.85. The number of para-hydroxylation sites is 1.